The van der Waals surface area contributed by atoms with Crippen LogP contribution in [0.5, 0.6) is 0 Å². The van der Waals surface area contributed by atoms with Crippen LogP contribution in [0.3, 0.4) is 0 Å². The highest BCUT2D eigenvalue weighted by Crippen LogP contribution is 2.20. The first-order valence-corrected chi connectivity index (χ1v) is 5.77. The normalized spacial score (nSPS) is 10.9. The van der Waals surface area contributed by atoms with Gasteiger partial charge in [-0.15, -0.1) is 0 Å². The minimum atomic E-state index is -2.81. The van der Waals surface area contributed by atoms with E-state index >= 15 is 0 Å². The smallest absolute Gasteiger partial charge is 0.282 e. The van der Waals surface area contributed by atoms with Crippen LogP contribution in [0, 0.1) is 0 Å². The van der Waals surface area contributed by atoms with Crippen LogP contribution < -0.4 is 5.73 Å². The van der Waals surface area contributed by atoms with Gasteiger partial charge in [-0.3, -0.25) is 9.48 Å². The van der Waals surface area contributed by atoms with Crippen LogP contribution in [-0.4, -0.2) is 15.7 Å². The molecule has 0 aliphatic heterocycles. The number of hydrogen-bond donors (Lipinski definition) is 1. The molecule has 1 amide bonds. The zero-order chi connectivity index (χ0) is 13.8. The molecule has 2 aromatic rings. The van der Waals surface area contributed by atoms with E-state index < -0.39 is 18.0 Å². The van der Waals surface area contributed by atoms with Crippen molar-refractivity contribution < 1.29 is 13.6 Å². The molecule has 1 aromatic heterocycles. The van der Waals surface area contributed by atoms with E-state index in [1.807, 2.05) is 30.3 Å². The van der Waals surface area contributed by atoms with Crippen LogP contribution in [0.15, 0.2) is 36.5 Å². The molecular weight excluding hydrogens is 252 g/mol. The van der Waals surface area contributed by atoms with E-state index in [0.717, 1.165) is 5.56 Å². The van der Waals surface area contributed by atoms with E-state index in [4.69, 9.17) is 5.73 Å². The van der Waals surface area contributed by atoms with Crippen molar-refractivity contribution in [2.24, 2.45) is 5.73 Å². The number of aryl methyl sites for hydroxylation is 2. The number of rotatable bonds is 5. The highest BCUT2D eigenvalue weighted by molar-refractivity contribution is 5.93. The van der Waals surface area contributed by atoms with Gasteiger partial charge in [-0.25, -0.2) is 8.78 Å². The number of carbonyl (C=O) groups excluding carboxylic acids is 1. The van der Waals surface area contributed by atoms with Gasteiger partial charge in [0.2, 0.25) is 0 Å². The molecule has 1 aromatic carbocycles. The Morgan fingerprint density at radius 1 is 1.32 bits per heavy atom. The topological polar surface area (TPSA) is 60.9 Å². The Hall–Kier alpha value is -2.24. The predicted molar refractivity (Wildman–Crippen MR) is 65.8 cm³/mol. The molecular formula is C13H13F2N3O. The summed E-state index contributed by atoms with van der Waals surface area (Å²) in [4.78, 5) is 11.0. The molecule has 2 rings (SSSR count). The summed E-state index contributed by atoms with van der Waals surface area (Å²) in [6, 6.07) is 9.58. The molecule has 100 valence electrons. The lowest BCUT2D eigenvalue weighted by Crippen LogP contribution is -2.12. The van der Waals surface area contributed by atoms with Crippen molar-refractivity contribution in [3.8, 4) is 0 Å². The summed E-state index contributed by atoms with van der Waals surface area (Å²) in [6.07, 6.45) is -0.892. The predicted octanol–water partition coefficient (Wildman–Crippen LogP) is 2.16. The van der Waals surface area contributed by atoms with E-state index in [2.05, 4.69) is 5.10 Å². The number of nitrogens with two attached hydrogens (primary N) is 1. The van der Waals surface area contributed by atoms with E-state index in [-0.39, 0.29) is 5.56 Å². The number of aromatic nitrogens is 2. The molecule has 0 atom stereocenters. The maximum Gasteiger partial charge on any atom is 0.282 e. The summed E-state index contributed by atoms with van der Waals surface area (Å²) in [5.41, 5.74) is 5.34. The number of amides is 1. The third kappa shape index (κ3) is 3.15. The lowest BCUT2D eigenvalue weighted by molar-refractivity contribution is 0.0985. The number of hydrogen-bond acceptors (Lipinski definition) is 2. The fraction of sp³-hybridized carbons (Fsp3) is 0.231. The van der Waals surface area contributed by atoms with E-state index in [9.17, 15) is 13.6 Å². The molecule has 2 N–H and O–H groups in total. The molecule has 0 spiro atoms. The summed E-state index contributed by atoms with van der Waals surface area (Å²) in [5, 5.41) is 3.71. The molecule has 0 aliphatic rings. The maximum atomic E-state index is 12.7. The van der Waals surface area contributed by atoms with Gasteiger partial charge in [0.1, 0.15) is 5.69 Å². The van der Waals surface area contributed by atoms with Crippen molar-refractivity contribution >= 4 is 5.91 Å². The van der Waals surface area contributed by atoms with Crippen LogP contribution in [0.4, 0.5) is 8.78 Å². The summed E-state index contributed by atoms with van der Waals surface area (Å²) in [6.45, 7) is 0.414. The monoisotopic (exact) mass is 265 g/mol. The molecule has 0 fully saturated rings. The van der Waals surface area contributed by atoms with Crippen molar-refractivity contribution in [1.82, 2.24) is 9.78 Å². The van der Waals surface area contributed by atoms with Crippen molar-refractivity contribution in [3.05, 3.63) is 53.3 Å². The van der Waals surface area contributed by atoms with Crippen molar-refractivity contribution in [2.45, 2.75) is 19.4 Å². The number of nitrogens with zero attached hydrogens (tertiary/aromatic N) is 2. The van der Waals surface area contributed by atoms with Gasteiger partial charge in [-0.2, -0.15) is 5.10 Å². The van der Waals surface area contributed by atoms with Crippen molar-refractivity contribution in [3.63, 3.8) is 0 Å². The number of benzene rings is 1. The summed E-state index contributed by atoms with van der Waals surface area (Å²) in [7, 11) is 0. The van der Waals surface area contributed by atoms with Crippen molar-refractivity contribution in [2.75, 3.05) is 0 Å². The summed E-state index contributed by atoms with van der Waals surface area (Å²) in [5.74, 6) is -0.888. The molecule has 0 unspecified atom stereocenters. The molecule has 0 saturated carbocycles. The fourth-order valence-corrected chi connectivity index (χ4v) is 1.79. The quantitative estimate of drug-likeness (QED) is 0.900. The standard InChI is InChI=1S/C13H13F2N3O/c14-12(15)11-10(13(16)19)8-18(17-11)7-6-9-4-2-1-3-5-9/h1-5,8,12H,6-7H2,(H2,16,19). The maximum absolute atomic E-state index is 12.7. The Balaban J connectivity index is 2.13. The molecule has 0 bridgehead atoms. The first-order valence-electron chi connectivity index (χ1n) is 5.77. The zero-order valence-electron chi connectivity index (χ0n) is 10.1. The molecule has 0 aliphatic carbocycles. The Kier molecular flexibility index (Phi) is 3.89. The highest BCUT2D eigenvalue weighted by atomic mass is 19.3. The molecule has 6 heteroatoms. The second kappa shape index (κ2) is 5.60. The van der Waals surface area contributed by atoms with Gasteiger partial charge < -0.3 is 5.73 Å². The summed E-state index contributed by atoms with van der Waals surface area (Å²) < 4.78 is 26.7. The van der Waals surface area contributed by atoms with E-state index in [1.54, 1.807) is 0 Å². The van der Waals surface area contributed by atoms with Gasteiger partial charge >= 0.3 is 0 Å². The molecule has 0 radical (unpaired) electrons. The average molecular weight is 265 g/mol. The molecule has 19 heavy (non-hydrogen) atoms. The largest absolute Gasteiger partial charge is 0.365 e. The second-order valence-corrected chi connectivity index (χ2v) is 4.09. The van der Waals surface area contributed by atoms with Gasteiger partial charge in [0.05, 0.1) is 5.56 Å². The second-order valence-electron chi connectivity index (χ2n) is 4.09. The Morgan fingerprint density at radius 3 is 2.53 bits per heavy atom. The van der Waals surface area contributed by atoms with Crippen LogP contribution in [-0.2, 0) is 13.0 Å². The van der Waals surface area contributed by atoms with Gasteiger partial charge in [-0.05, 0) is 12.0 Å². The number of carbonyl (C=O) groups is 1. The van der Waals surface area contributed by atoms with Crippen LogP contribution >= 0.6 is 0 Å². The lowest BCUT2D eigenvalue weighted by atomic mass is 10.1. The van der Waals surface area contributed by atoms with E-state index in [0.29, 0.717) is 13.0 Å². The Labute approximate surface area is 108 Å². The first-order chi connectivity index (χ1) is 9.08. The minimum Gasteiger partial charge on any atom is -0.365 e. The summed E-state index contributed by atoms with van der Waals surface area (Å²) >= 11 is 0. The number of alkyl halides is 2. The van der Waals surface area contributed by atoms with E-state index in [1.165, 1.54) is 10.9 Å². The fourth-order valence-electron chi connectivity index (χ4n) is 1.79. The molecule has 4 nitrogen and oxygen atoms in total. The average Bonchev–Trinajstić information content (AvgIpc) is 2.82. The zero-order valence-corrected chi connectivity index (χ0v) is 10.1. The number of halogens is 2. The first kappa shape index (κ1) is 13.2. The van der Waals surface area contributed by atoms with Gasteiger partial charge in [0.15, 0.2) is 0 Å². The lowest BCUT2D eigenvalue weighted by Gasteiger charge is -2.01. The van der Waals surface area contributed by atoms with Crippen LogP contribution in [0.25, 0.3) is 0 Å². The van der Waals surface area contributed by atoms with Gasteiger partial charge in [0.25, 0.3) is 12.3 Å². The third-order valence-electron chi connectivity index (χ3n) is 2.73. The molecule has 0 saturated heterocycles. The van der Waals surface area contributed by atoms with Gasteiger partial charge in [0, 0.05) is 12.7 Å². The van der Waals surface area contributed by atoms with Crippen molar-refractivity contribution in [1.29, 1.82) is 0 Å². The van der Waals surface area contributed by atoms with Crippen LogP contribution in [0.2, 0.25) is 0 Å². The SMILES string of the molecule is NC(=O)c1cn(CCc2ccccc2)nc1C(F)F. The van der Waals surface area contributed by atoms with Gasteiger partial charge in [-0.1, -0.05) is 30.3 Å². The third-order valence-corrected chi connectivity index (χ3v) is 2.73. The van der Waals surface area contributed by atoms with Crippen LogP contribution in [0.1, 0.15) is 28.0 Å². The highest BCUT2D eigenvalue weighted by Gasteiger charge is 2.21. The molecule has 1 heterocycles. The Morgan fingerprint density at radius 2 is 2.00 bits per heavy atom. The number of primary amides is 1. The minimum absolute atomic E-state index is 0.219. The Bertz CT molecular complexity index is 567.